The van der Waals surface area contributed by atoms with E-state index in [4.69, 9.17) is 21.1 Å². The van der Waals surface area contributed by atoms with Gasteiger partial charge in [0.2, 0.25) is 6.79 Å². The Morgan fingerprint density at radius 3 is 2.44 bits per heavy atom. The average molecular weight is 380 g/mol. The third-order valence-corrected chi connectivity index (χ3v) is 5.11. The number of rotatable bonds is 7. The van der Waals surface area contributed by atoms with Crippen LogP contribution in [-0.2, 0) is 6.54 Å². The molecule has 0 radical (unpaired) electrons. The molecular formula is C23H22ClNO2. The molecule has 1 N–H and O–H groups in total. The van der Waals surface area contributed by atoms with Crippen LogP contribution >= 0.6 is 11.6 Å². The molecule has 4 rings (SSSR count). The maximum Gasteiger partial charge on any atom is 0.231 e. The summed E-state index contributed by atoms with van der Waals surface area (Å²) in [6.07, 6.45) is 0.997. The molecule has 3 aromatic rings. The molecule has 0 aliphatic carbocycles. The van der Waals surface area contributed by atoms with Crippen molar-refractivity contribution in [3.8, 4) is 11.5 Å². The summed E-state index contributed by atoms with van der Waals surface area (Å²) in [7, 11) is 0. The zero-order valence-electron chi connectivity index (χ0n) is 15.0. The van der Waals surface area contributed by atoms with E-state index in [1.807, 2.05) is 18.2 Å². The van der Waals surface area contributed by atoms with Crippen LogP contribution in [0.2, 0.25) is 5.02 Å². The van der Waals surface area contributed by atoms with E-state index in [1.54, 1.807) is 0 Å². The third kappa shape index (κ3) is 4.44. The topological polar surface area (TPSA) is 30.5 Å². The Hall–Kier alpha value is -2.49. The van der Waals surface area contributed by atoms with E-state index >= 15 is 0 Å². The molecule has 3 aromatic carbocycles. The van der Waals surface area contributed by atoms with E-state index in [1.165, 1.54) is 16.7 Å². The Kier molecular flexibility index (Phi) is 5.61. The van der Waals surface area contributed by atoms with Gasteiger partial charge in [-0.3, -0.25) is 0 Å². The van der Waals surface area contributed by atoms with Crippen LogP contribution in [0.25, 0.3) is 0 Å². The second kappa shape index (κ2) is 8.47. The Balaban J connectivity index is 1.45. The number of nitrogens with one attached hydrogen (secondary N) is 1. The minimum Gasteiger partial charge on any atom is -0.454 e. The van der Waals surface area contributed by atoms with Crippen LogP contribution < -0.4 is 14.8 Å². The van der Waals surface area contributed by atoms with Gasteiger partial charge < -0.3 is 14.8 Å². The smallest absolute Gasteiger partial charge is 0.231 e. The number of hydrogen-bond acceptors (Lipinski definition) is 3. The van der Waals surface area contributed by atoms with Crippen molar-refractivity contribution in [3.05, 3.63) is 94.5 Å². The third-order valence-electron chi connectivity index (χ3n) is 4.85. The SMILES string of the molecule is Clc1ccc(CNCC[C@H](c2ccccc2)c2ccc3c(c2)OCO3)cc1. The van der Waals surface area contributed by atoms with Crippen molar-refractivity contribution in [3.63, 3.8) is 0 Å². The predicted octanol–water partition coefficient (Wildman–Crippen LogP) is 5.38. The highest BCUT2D eigenvalue weighted by Crippen LogP contribution is 2.37. The minimum atomic E-state index is 0.303. The van der Waals surface area contributed by atoms with Crippen LogP contribution in [-0.4, -0.2) is 13.3 Å². The van der Waals surface area contributed by atoms with Crippen LogP contribution in [0, 0.1) is 0 Å². The molecule has 1 heterocycles. The first-order valence-electron chi connectivity index (χ1n) is 9.19. The molecule has 0 saturated carbocycles. The van der Waals surface area contributed by atoms with Crippen LogP contribution in [0.15, 0.2) is 72.8 Å². The summed E-state index contributed by atoms with van der Waals surface area (Å²) in [6, 6.07) is 24.9. The lowest BCUT2D eigenvalue weighted by Gasteiger charge is -2.19. The largest absolute Gasteiger partial charge is 0.454 e. The van der Waals surface area contributed by atoms with Gasteiger partial charge in [-0.15, -0.1) is 0 Å². The lowest BCUT2D eigenvalue weighted by atomic mass is 9.88. The predicted molar refractivity (Wildman–Crippen MR) is 109 cm³/mol. The Labute approximate surface area is 164 Å². The van der Waals surface area contributed by atoms with Crippen molar-refractivity contribution in [1.29, 1.82) is 0 Å². The number of hydrogen-bond donors (Lipinski definition) is 1. The highest BCUT2D eigenvalue weighted by atomic mass is 35.5. The molecular weight excluding hydrogens is 358 g/mol. The molecule has 138 valence electrons. The van der Waals surface area contributed by atoms with Crippen LogP contribution in [0.4, 0.5) is 0 Å². The van der Waals surface area contributed by atoms with Gasteiger partial charge in [-0.2, -0.15) is 0 Å². The summed E-state index contributed by atoms with van der Waals surface area (Å²) in [5.74, 6) is 1.97. The van der Waals surface area contributed by atoms with Gasteiger partial charge in [0, 0.05) is 17.5 Å². The summed E-state index contributed by atoms with van der Waals surface area (Å²) in [4.78, 5) is 0. The van der Waals surface area contributed by atoms with E-state index in [9.17, 15) is 0 Å². The molecule has 27 heavy (non-hydrogen) atoms. The zero-order chi connectivity index (χ0) is 18.5. The first kappa shape index (κ1) is 17.9. The lowest BCUT2D eigenvalue weighted by Crippen LogP contribution is -2.17. The molecule has 0 fully saturated rings. The quantitative estimate of drug-likeness (QED) is 0.559. The Morgan fingerprint density at radius 1 is 0.852 bits per heavy atom. The molecule has 0 bridgehead atoms. The van der Waals surface area contributed by atoms with Gasteiger partial charge in [-0.1, -0.05) is 60.1 Å². The molecule has 1 atom stereocenters. The molecule has 0 aromatic heterocycles. The molecule has 1 aliphatic rings. The second-order valence-corrected chi connectivity index (χ2v) is 7.10. The summed E-state index contributed by atoms with van der Waals surface area (Å²) in [5, 5.41) is 4.31. The van der Waals surface area contributed by atoms with Crippen molar-refractivity contribution >= 4 is 11.6 Å². The van der Waals surface area contributed by atoms with Crippen molar-refractivity contribution in [2.75, 3.05) is 13.3 Å². The molecule has 0 amide bonds. The summed E-state index contributed by atoms with van der Waals surface area (Å²) < 4.78 is 11.0. The zero-order valence-corrected chi connectivity index (χ0v) is 15.8. The van der Waals surface area contributed by atoms with E-state index in [0.29, 0.717) is 12.7 Å². The molecule has 3 nitrogen and oxygen atoms in total. The van der Waals surface area contributed by atoms with E-state index in [-0.39, 0.29) is 0 Å². The number of halogens is 1. The van der Waals surface area contributed by atoms with E-state index in [0.717, 1.165) is 36.0 Å². The standard InChI is InChI=1S/C23H22ClNO2/c24-20-9-6-17(7-10-20)15-25-13-12-21(18-4-2-1-3-5-18)19-8-11-22-23(14-19)27-16-26-22/h1-11,14,21,25H,12-13,15-16H2/t21-/m1/s1. The Morgan fingerprint density at radius 2 is 1.63 bits per heavy atom. The van der Waals surface area contributed by atoms with Crippen molar-refractivity contribution in [1.82, 2.24) is 5.32 Å². The average Bonchev–Trinajstić information content (AvgIpc) is 3.18. The minimum absolute atomic E-state index is 0.303. The number of ether oxygens (including phenoxy) is 2. The van der Waals surface area contributed by atoms with Gasteiger partial charge >= 0.3 is 0 Å². The molecule has 4 heteroatoms. The maximum atomic E-state index is 5.95. The van der Waals surface area contributed by atoms with E-state index in [2.05, 4.69) is 59.9 Å². The van der Waals surface area contributed by atoms with Crippen LogP contribution in [0.5, 0.6) is 11.5 Å². The summed E-state index contributed by atoms with van der Waals surface area (Å²) >= 11 is 5.95. The van der Waals surface area contributed by atoms with Gasteiger partial charge in [0.05, 0.1) is 0 Å². The summed E-state index contributed by atoms with van der Waals surface area (Å²) in [5.41, 5.74) is 3.79. The fourth-order valence-electron chi connectivity index (χ4n) is 3.42. The highest BCUT2D eigenvalue weighted by molar-refractivity contribution is 6.30. The van der Waals surface area contributed by atoms with Crippen LogP contribution in [0.3, 0.4) is 0 Å². The molecule has 1 aliphatic heterocycles. The molecule has 0 unspecified atom stereocenters. The monoisotopic (exact) mass is 379 g/mol. The first-order valence-corrected chi connectivity index (χ1v) is 9.57. The van der Waals surface area contributed by atoms with Gasteiger partial charge in [0.15, 0.2) is 11.5 Å². The highest BCUT2D eigenvalue weighted by Gasteiger charge is 2.19. The first-order chi connectivity index (χ1) is 13.3. The second-order valence-electron chi connectivity index (χ2n) is 6.67. The van der Waals surface area contributed by atoms with Gasteiger partial charge in [-0.05, 0) is 53.9 Å². The van der Waals surface area contributed by atoms with E-state index < -0.39 is 0 Å². The lowest BCUT2D eigenvalue weighted by molar-refractivity contribution is 0.174. The van der Waals surface area contributed by atoms with Crippen molar-refractivity contribution in [2.24, 2.45) is 0 Å². The number of fused-ring (bicyclic) bond motifs is 1. The van der Waals surface area contributed by atoms with Crippen LogP contribution in [0.1, 0.15) is 29.0 Å². The van der Waals surface area contributed by atoms with Crippen molar-refractivity contribution < 1.29 is 9.47 Å². The molecule has 0 saturated heterocycles. The Bertz CT molecular complexity index is 881. The van der Waals surface area contributed by atoms with Gasteiger partial charge in [0.25, 0.3) is 0 Å². The molecule has 0 spiro atoms. The fourth-order valence-corrected chi connectivity index (χ4v) is 3.55. The van der Waals surface area contributed by atoms with Gasteiger partial charge in [0.1, 0.15) is 0 Å². The fraction of sp³-hybridized carbons (Fsp3) is 0.217. The normalized spacial score (nSPS) is 13.5. The van der Waals surface area contributed by atoms with Crippen molar-refractivity contribution in [2.45, 2.75) is 18.9 Å². The number of benzene rings is 3. The summed E-state index contributed by atoms with van der Waals surface area (Å²) in [6.45, 7) is 2.05. The maximum absolute atomic E-state index is 5.95. The van der Waals surface area contributed by atoms with Gasteiger partial charge in [-0.25, -0.2) is 0 Å².